The van der Waals surface area contributed by atoms with E-state index in [4.69, 9.17) is 5.11 Å². The lowest BCUT2D eigenvalue weighted by Gasteiger charge is -2.21. The number of pyridine rings is 1. The second-order valence-electron chi connectivity index (χ2n) is 9.23. The van der Waals surface area contributed by atoms with Crippen molar-refractivity contribution < 1.29 is 15.0 Å². The first kappa shape index (κ1) is 28.8. The molecule has 0 bridgehead atoms. The van der Waals surface area contributed by atoms with Gasteiger partial charge in [0, 0.05) is 45.0 Å². The van der Waals surface area contributed by atoms with Gasteiger partial charge < -0.3 is 31.1 Å². The third kappa shape index (κ3) is 8.06. The van der Waals surface area contributed by atoms with Crippen molar-refractivity contribution >= 4 is 28.9 Å². The fraction of sp³-hybridized carbons (Fsp3) is 0.520. The number of hydrogen-bond donors (Lipinski definition) is 6. The van der Waals surface area contributed by atoms with Gasteiger partial charge in [-0.1, -0.05) is 52.4 Å². The molecule has 11 nitrogen and oxygen atoms in total. The predicted molar refractivity (Wildman–Crippen MR) is 142 cm³/mol. The molecule has 0 aromatic carbocycles. The fourth-order valence-electron chi connectivity index (χ4n) is 3.55. The number of aromatic amines is 1. The second-order valence-corrected chi connectivity index (χ2v) is 9.23. The van der Waals surface area contributed by atoms with Gasteiger partial charge in [0.1, 0.15) is 22.9 Å². The number of aromatic nitrogens is 4. The highest BCUT2D eigenvalue weighted by molar-refractivity contribution is 6.00. The number of amides is 1. The van der Waals surface area contributed by atoms with E-state index in [1.807, 2.05) is 13.8 Å². The minimum atomic E-state index is -0.441. The summed E-state index contributed by atoms with van der Waals surface area (Å²) in [5, 5.41) is 29.3. The van der Waals surface area contributed by atoms with Crippen LogP contribution < -0.4 is 21.5 Å². The highest BCUT2D eigenvalue weighted by atomic mass is 16.3. The van der Waals surface area contributed by atoms with Crippen LogP contribution >= 0.6 is 0 Å². The van der Waals surface area contributed by atoms with Crippen molar-refractivity contribution in [2.75, 3.05) is 37.9 Å². The Morgan fingerprint density at radius 1 is 1.17 bits per heavy atom. The minimum Gasteiger partial charge on any atom is -0.400 e. The largest absolute Gasteiger partial charge is 0.400 e. The minimum absolute atomic E-state index is 0.0517. The second kappa shape index (κ2) is 14.2. The first-order chi connectivity index (χ1) is 17.3. The van der Waals surface area contributed by atoms with E-state index < -0.39 is 5.41 Å². The Morgan fingerprint density at radius 2 is 1.81 bits per heavy atom. The number of carbonyl (C=O) groups excluding carboxylic acids is 1. The Balaban J connectivity index is 0.000000491. The van der Waals surface area contributed by atoms with E-state index in [-0.39, 0.29) is 23.6 Å². The van der Waals surface area contributed by atoms with Crippen LogP contribution in [0, 0.1) is 5.41 Å². The number of hydrogen-bond acceptors (Lipinski definition) is 8. The molecule has 0 atom stereocenters. The lowest BCUT2D eigenvalue weighted by Crippen LogP contribution is -2.36. The number of fused-ring (bicyclic) bond motifs is 1. The fourth-order valence-corrected chi connectivity index (χ4v) is 3.55. The molecule has 1 aliphatic carbocycles. The summed E-state index contributed by atoms with van der Waals surface area (Å²) in [6.45, 7) is 3.94. The smallest absolute Gasteiger partial charge is 0.271 e. The lowest BCUT2D eigenvalue weighted by molar-refractivity contribution is 0.0912. The van der Waals surface area contributed by atoms with Crippen LogP contribution in [-0.2, 0) is 0 Å². The zero-order chi connectivity index (χ0) is 26.6. The van der Waals surface area contributed by atoms with Crippen molar-refractivity contribution in [1.29, 1.82) is 0 Å². The van der Waals surface area contributed by atoms with Crippen LogP contribution in [0.25, 0.3) is 5.65 Å². The van der Waals surface area contributed by atoms with Crippen molar-refractivity contribution in [3.8, 4) is 0 Å². The van der Waals surface area contributed by atoms with Crippen molar-refractivity contribution in [3.05, 3.63) is 46.5 Å². The quantitative estimate of drug-likeness (QED) is 0.289. The summed E-state index contributed by atoms with van der Waals surface area (Å²) >= 11 is 0. The number of anilines is 3. The third-order valence-corrected chi connectivity index (χ3v) is 5.71. The number of carbonyl (C=O) groups is 1. The Kier molecular flexibility index (Phi) is 11.4. The average molecular weight is 502 g/mol. The Bertz CT molecular complexity index is 1140. The highest BCUT2D eigenvalue weighted by Gasteiger charge is 2.21. The number of nitrogens with zero attached hydrogens (tertiary/aromatic N) is 3. The Labute approximate surface area is 211 Å². The molecule has 0 unspecified atom stereocenters. The zero-order valence-corrected chi connectivity index (χ0v) is 21.6. The van der Waals surface area contributed by atoms with Crippen LogP contribution in [0.4, 0.5) is 17.3 Å². The van der Waals surface area contributed by atoms with E-state index in [9.17, 15) is 14.7 Å². The first-order valence-corrected chi connectivity index (χ1v) is 12.2. The summed E-state index contributed by atoms with van der Waals surface area (Å²) in [7, 11) is 2.72. The van der Waals surface area contributed by atoms with E-state index in [0.29, 0.717) is 29.5 Å². The van der Waals surface area contributed by atoms with Gasteiger partial charge in [-0.3, -0.25) is 9.59 Å². The molecule has 4 rings (SSSR count). The van der Waals surface area contributed by atoms with E-state index in [2.05, 4.69) is 31.0 Å². The van der Waals surface area contributed by atoms with Gasteiger partial charge >= 0.3 is 0 Å². The molecule has 0 radical (unpaired) electrons. The molecule has 0 saturated heterocycles. The van der Waals surface area contributed by atoms with Crippen LogP contribution in [0.3, 0.4) is 0 Å². The molecule has 6 N–H and O–H groups in total. The summed E-state index contributed by atoms with van der Waals surface area (Å²) in [4.78, 5) is 31.6. The molecule has 36 heavy (non-hydrogen) atoms. The van der Waals surface area contributed by atoms with Crippen molar-refractivity contribution in [2.24, 2.45) is 5.41 Å². The van der Waals surface area contributed by atoms with E-state index in [0.717, 1.165) is 7.11 Å². The van der Waals surface area contributed by atoms with Crippen LogP contribution in [0.1, 0.15) is 62.7 Å². The molecule has 1 amide bonds. The molecular formula is C25H39N7O4. The molecule has 0 spiro atoms. The predicted octanol–water partition coefficient (Wildman–Crippen LogP) is 2.90. The zero-order valence-electron chi connectivity index (χ0n) is 21.6. The molecule has 3 heterocycles. The van der Waals surface area contributed by atoms with Crippen LogP contribution in [0.2, 0.25) is 0 Å². The molecular weight excluding hydrogens is 462 g/mol. The molecule has 3 aromatic heterocycles. The van der Waals surface area contributed by atoms with Crippen LogP contribution in [0.15, 0.2) is 35.4 Å². The van der Waals surface area contributed by atoms with Gasteiger partial charge in [-0.15, -0.1) is 0 Å². The number of H-pyrrole nitrogens is 1. The van der Waals surface area contributed by atoms with Gasteiger partial charge in [-0.05, 0) is 12.1 Å². The van der Waals surface area contributed by atoms with E-state index in [1.165, 1.54) is 55.4 Å². The van der Waals surface area contributed by atoms with Gasteiger partial charge in [-0.2, -0.15) is 9.61 Å². The Morgan fingerprint density at radius 3 is 2.36 bits per heavy atom. The van der Waals surface area contributed by atoms with E-state index >= 15 is 0 Å². The summed E-state index contributed by atoms with van der Waals surface area (Å²) in [5.74, 6) is 0.633. The van der Waals surface area contributed by atoms with Gasteiger partial charge in [-0.25, -0.2) is 4.98 Å². The number of nitrogens with one attached hydrogen (secondary N) is 4. The maximum atomic E-state index is 12.6. The summed E-state index contributed by atoms with van der Waals surface area (Å²) in [5.41, 5.74) is 0.227. The van der Waals surface area contributed by atoms with Gasteiger partial charge in [0.25, 0.3) is 11.5 Å². The number of aliphatic hydroxyl groups is 2. The summed E-state index contributed by atoms with van der Waals surface area (Å²) in [6.07, 6.45) is 12.0. The highest BCUT2D eigenvalue weighted by Crippen LogP contribution is 2.21. The lowest BCUT2D eigenvalue weighted by atomic mass is 9.95. The standard InChI is InChI=1S/C18H23N7O3.C6H12.CH4O/c1-18(2,10-26)9-21-16(27)11-8-22-25-14(19-3)7-13(24-15(11)25)23-12-5-4-6-20-17(12)28;1-2-4-6-5-3-1;1-2/h4-8,19,26H,9-10H2,1-3H3,(H,20,28)(H,21,27)(H,23,24);1-6H2;2H,1H3. The van der Waals surface area contributed by atoms with Gasteiger partial charge in [0.15, 0.2) is 5.65 Å². The monoisotopic (exact) mass is 501 g/mol. The normalized spacial score (nSPS) is 13.1. The molecule has 1 fully saturated rings. The molecule has 0 aliphatic heterocycles. The molecule has 1 aliphatic rings. The van der Waals surface area contributed by atoms with E-state index in [1.54, 1.807) is 25.2 Å². The molecule has 198 valence electrons. The molecule has 11 heteroatoms. The molecule has 3 aromatic rings. The maximum absolute atomic E-state index is 12.6. The van der Waals surface area contributed by atoms with Crippen LogP contribution in [-0.4, -0.2) is 63.0 Å². The van der Waals surface area contributed by atoms with Gasteiger partial charge in [0.2, 0.25) is 0 Å². The summed E-state index contributed by atoms with van der Waals surface area (Å²) in [6, 6.07) is 5.01. The van der Waals surface area contributed by atoms with Crippen LogP contribution in [0.5, 0.6) is 0 Å². The number of aliphatic hydroxyl groups excluding tert-OH is 2. The topological polar surface area (TPSA) is 157 Å². The SMILES string of the molecule is C1CCCCC1.CNc1cc(Nc2ccc[nH]c2=O)nc2c(C(=O)NCC(C)(C)CO)cnn12.CO. The number of rotatable bonds is 7. The maximum Gasteiger partial charge on any atom is 0.271 e. The third-order valence-electron chi connectivity index (χ3n) is 5.71. The van der Waals surface area contributed by atoms with Crippen molar-refractivity contribution in [3.63, 3.8) is 0 Å². The van der Waals surface area contributed by atoms with Gasteiger partial charge in [0.05, 0.1) is 6.20 Å². The first-order valence-electron chi connectivity index (χ1n) is 12.2. The summed E-state index contributed by atoms with van der Waals surface area (Å²) < 4.78 is 1.51. The average Bonchev–Trinajstić information content (AvgIpc) is 3.35. The Hall–Kier alpha value is -3.44. The molecule has 1 saturated carbocycles. The van der Waals surface area contributed by atoms with Crippen molar-refractivity contribution in [2.45, 2.75) is 52.4 Å². The van der Waals surface area contributed by atoms with Crippen molar-refractivity contribution in [1.82, 2.24) is 24.9 Å².